The number of rotatable bonds is 9. The largest absolute Gasteiger partial charge is 0.416 e. The van der Waals surface area contributed by atoms with Crippen LogP contribution in [-0.2, 0) is 36.2 Å². The number of hydrogen-bond acceptors (Lipinski definition) is 9. The molecule has 1 fully saturated rings. The van der Waals surface area contributed by atoms with E-state index in [1.54, 1.807) is 6.92 Å². The number of methoxy groups -OCH3 is 3. The molecule has 0 radical (unpaired) electrons. The van der Waals surface area contributed by atoms with E-state index in [1.165, 1.54) is 35.4 Å². The SMILES string of the molecule is COC(OC)C(C)C(OC)C(=O)Nc1cc(C(F)(F)F)ccn1.CON1C(=O)N(c2cc(C(F)(F)F)ccn2)C(O)C1C. The highest BCUT2D eigenvalue weighted by Gasteiger charge is 2.45. The molecule has 240 valence electrons. The summed E-state index contributed by atoms with van der Waals surface area (Å²) in [6.45, 7) is 3.16. The first-order valence-corrected chi connectivity index (χ1v) is 12.3. The Bertz CT molecular complexity index is 1230. The highest BCUT2D eigenvalue weighted by Crippen LogP contribution is 2.33. The molecule has 3 rings (SSSR count). The summed E-state index contributed by atoms with van der Waals surface area (Å²) in [5.74, 6) is -1.65. The molecule has 3 heterocycles. The molecule has 18 heteroatoms. The number of urea groups is 1. The van der Waals surface area contributed by atoms with Crippen LogP contribution < -0.4 is 10.2 Å². The van der Waals surface area contributed by atoms with Crippen molar-refractivity contribution in [2.75, 3.05) is 38.7 Å². The van der Waals surface area contributed by atoms with E-state index < -0.39 is 66.0 Å². The van der Waals surface area contributed by atoms with Gasteiger partial charge in [0.2, 0.25) is 0 Å². The Hall–Kier alpha value is -3.58. The second-order valence-corrected chi connectivity index (χ2v) is 8.99. The summed E-state index contributed by atoms with van der Waals surface area (Å²) in [7, 11) is 5.35. The molecular formula is C25H31F6N5O7. The minimum absolute atomic E-state index is 0.217. The van der Waals surface area contributed by atoms with Gasteiger partial charge in [0.1, 0.15) is 23.8 Å². The van der Waals surface area contributed by atoms with Crippen LogP contribution in [0.5, 0.6) is 0 Å². The molecule has 0 spiro atoms. The van der Waals surface area contributed by atoms with E-state index in [0.29, 0.717) is 6.07 Å². The lowest BCUT2D eigenvalue weighted by molar-refractivity contribution is -0.167. The predicted molar refractivity (Wildman–Crippen MR) is 137 cm³/mol. The number of aliphatic hydroxyl groups excluding tert-OH is 1. The van der Waals surface area contributed by atoms with E-state index in [4.69, 9.17) is 19.0 Å². The molecule has 2 aromatic heterocycles. The fourth-order valence-corrected chi connectivity index (χ4v) is 4.04. The fourth-order valence-electron chi connectivity index (χ4n) is 4.04. The van der Waals surface area contributed by atoms with Crippen LogP contribution in [0.1, 0.15) is 25.0 Å². The highest BCUT2D eigenvalue weighted by molar-refractivity contribution is 5.94. The number of amides is 3. The molecule has 43 heavy (non-hydrogen) atoms. The van der Waals surface area contributed by atoms with Gasteiger partial charge in [-0.2, -0.15) is 31.4 Å². The van der Waals surface area contributed by atoms with Crippen molar-refractivity contribution in [3.63, 3.8) is 0 Å². The molecule has 0 aliphatic carbocycles. The fraction of sp³-hybridized carbons (Fsp3) is 0.520. The topological polar surface area (TPSA) is 136 Å². The molecular weight excluding hydrogens is 596 g/mol. The lowest BCUT2D eigenvalue weighted by atomic mass is 10.0. The van der Waals surface area contributed by atoms with Gasteiger partial charge in [-0.15, -0.1) is 0 Å². The third kappa shape index (κ3) is 8.73. The summed E-state index contributed by atoms with van der Waals surface area (Å²) in [4.78, 5) is 37.1. The van der Waals surface area contributed by atoms with Crippen LogP contribution in [0.3, 0.4) is 0 Å². The molecule has 0 saturated carbocycles. The third-order valence-corrected chi connectivity index (χ3v) is 6.20. The molecule has 1 aliphatic rings. The van der Waals surface area contributed by atoms with Crippen LogP contribution in [0.25, 0.3) is 0 Å². The van der Waals surface area contributed by atoms with E-state index in [2.05, 4.69) is 15.3 Å². The number of halogens is 6. The zero-order chi connectivity index (χ0) is 32.7. The van der Waals surface area contributed by atoms with Crippen LogP contribution in [0.4, 0.5) is 42.8 Å². The summed E-state index contributed by atoms with van der Waals surface area (Å²) in [6, 6.07) is 1.54. The van der Waals surface area contributed by atoms with Crippen molar-refractivity contribution in [3.8, 4) is 0 Å². The van der Waals surface area contributed by atoms with Gasteiger partial charge in [-0.25, -0.2) is 19.7 Å². The van der Waals surface area contributed by atoms with Gasteiger partial charge in [0.05, 0.1) is 18.2 Å². The maximum atomic E-state index is 12.7. The second kappa shape index (κ2) is 14.7. The molecule has 4 atom stereocenters. The molecule has 2 N–H and O–H groups in total. The zero-order valence-corrected chi connectivity index (χ0v) is 23.8. The van der Waals surface area contributed by atoms with Gasteiger partial charge < -0.3 is 24.6 Å². The Morgan fingerprint density at radius 2 is 1.49 bits per heavy atom. The van der Waals surface area contributed by atoms with E-state index in [-0.39, 0.29) is 11.6 Å². The van der Waals surface area contributed by atoms with Crippen molar-refractivity contribution in [2.45, 2.75) is 50.9 Å². The summed E-state index contributed by atoms with van der Waals surface area (Å²) >= 11 is 0. The minimum Gasteiger partial charge on any atom is -0.371 e. The Morgan fingerprint density at radius 3 is 1.95 bits per heavy atom. The molecule has 2 aromatic rings. The Kier molecular flexibility index (Phi) is 12.2. The Balaban J connectivity index is 0.000000303. The van der Waals surface area contributed by atoms with Gasteiger partial charge in [0, 0.05) is 39.6 Å². The minimum atomic E-state index is -4.56. The number of carbonyl (C=O) groups is 2. The maximum absolute atomic E-state index is 12.7. The number of carbonyl (C=O) groups excluding carboxylic acids is 2. The van der Waals surface area contributed by atoms with Crippen LogP contribution in [-0.4, -0.2) is 85.2 Å². The van der Waals surface area contributed by atoms with Gasteiger partial charge in [-0.05, 0) is 31.2 Å². The van der Waals surface area contributed by atoms with Gasteiger partial charge in [0.15, 0.2) is 12.5 Å². The third-order valence-electron chi connectivity index (χ3n) is 6.20. The van der Waals surface area contributed by atoms with Gasteiger partial charge in [0.25, 0.3) is 5.91 Å². The molecule has 0 aromatic carbocycles. The van der Waals surface area contributed by atoms with Gasteiger partial charge in [-0.1, -0.05) is 6.92 Å². The maximum Gasteiger partial charge on any atom is 0.416 e. The second-order valence-electron chi connectivity index (χ2n) is 8.99. The summed E-state index contributed by atoms with van der Waals surface area (Å²) in [5.41, 5.74) is -1.86. The standard InChI is InChI=1S/C14H19F3N2O4.C11H12F3N3O3/c1-8(13(22-3)23-4)11(21-2)12(20)19-10-7-9(5-6-18-10)14(15,16)17;1-6-9(18)16(10(19)17(6)20-2)8-5-7(3-4-15-8)11(12,13)14/h5-8,11,13H,1-4H3,(H,18,19,20);3-6,9,18H,1-2H3. The van der Waals surface area contributed by atoms with E-state index in [0.717, 1.165) is 40.6 Å². The summed E-state index contributed by atoms with van der Waals surface area (Å²) < 4.78 is 91.1. The molecule has 1 saturated heterocycles. The number of hydrogen-bond donors (Lipinski definition) is 2. The number of anilines is 2. The summed E-state index contributed by atoms with van der Waals surface area (Å²) in [6.07, 6.45) is -10.2. The number of aliphatic hydroxyl groups is 1. The lowest BCUT2D eigenvalue weighted by Crippen LogP contribution is -2.41. The van der Waals surface area contributed by atoms with Crippen molar-refractivity contribution >= 4 is 23.6 Å². The van der Waals surface area contributed by atoms with Crippen LogP contribution in [0.2, 0.25) is 0 Å². The normalized spacial score (nSPS) is 18.8. The quantitative estimate of drug-likeness (QED) is 0.313. The molecule has 3 amide bonds. The molecule has 1 aliphatic heterocycles. The average Bonchev–Trinajstić information content (AvgIpc) is 3.16. The number of ether oxygens (including phenoxy) is 3. The van der Waals surface area contributed by atoms with Crippen molar-refractivity contribution in [1.29, 1.82) is 0 Å². The number of nitrogens with zero attached hydrogens (tertiary/aromatic N) is 4. The van der Waals surface area contributed by atoms with Crippen LogP contribution in [0, 0.1) is 5.92 Å². The van der Waals surface area contributed by atoms with Crippen LogP contribution in [0.15, 0.2) is 36.7 Å². The number of pyridine rings is 2. The smallest absolute Gasteiger partial charge is 0.371 e. The molecule has 12 nitrogen and oxygen atoms in total. The first kappa shape index (κ1) is 35.6. The molecule has 4 unspecified atom stereocenters. The van der Waals surface area contributed by atoms with Crippen molar-refractivity contribution in [3.05, 3.63) is 47.8 Å². The van der Waals surface area contributed by atoms with E-state index in [9.17, 15) is 41.0 Å². The lowest BCUT2D eigenvalue weighted by Gasteiger charge is -2.27. The monoisotopic (exact) mass is 627 g/mol. The number of alkyl halides is 6. The van der Waals surface area contributed by atoms with Gasteiger partial charge in [-0.3, -0.25) is 9.63 Å². The molecule has 0 bridgehead atoms. The van der Waals surface area contributed by atoms with E-state index in [1.807, 2.05) is 0 Å². The number of hydroxylamine groups is 2. The highest BCUT2D eigenvalue weighted by atomic mass is 19.4. The van der Waals surface area contributed by atoms with E-state index >= 15 is 0 Å². The summed E-state index contributed by atoms with van der Waals surface area (Å²) in [5, 5.41) is 13.1. The predicted octanol–water partition coefficient (Wildman–Crippen LogP) is 3.92. The van der Waals surface area contributed by atoms with Crippen molar-refractivity contribution in [1.82, 2.24) is 15.0 Å². The van der Waals surface area contributed by atoms with Gasteiger partial charge >= 0.3 is 18.4 Å². The Labute approximate surface area is 242 Å². The van der Waals surface area contributed by atoms with Crippen LogP contribution >= 0.6 is 0 Å². The first-order chi connectivity index (χ1) is 20.0. The number of aromatic nitrogens is 2. The Morgan fingerprint density at radius 1 is 0.953 bits per heavy atom. The van der Waals surface area contributed by atoms with Crippen molar-refractivity contribution < 1.29 is 60.1 Å². The average molecular weight is 628 g/mol. The zero-order valence-electron chi connectivity index (χ0n) is 23.8. The number of nitrogens with one attached hydrogen (secondary N) is 1. The van der Waals surface area contributed by atoms with Crippen molar-refractivity contribution in [2.24, 2.45) is 5.92 Å². The first-order valence-electron chi connectivity index (χ1n) is 12.3.